The molecule has 4 heteroatoms. The van der Waals surface area contributed by atoms with Gasteiger partial charge < -0.3 is 10.2 Å². The first kappa shape index (κ1) is 15.1. The van der Waals surface area contributed by atoms with Crippen molar-refractivity contribution < 1.29 is 9.59 Å². The summed E-state index contributed by atoms with van der Waals surface area (Å²) in [5.74, 6) is 0.412. The van der Waals surface area contributed by atoms with E-state index in [0.717, 1.165) is 12.1 Å². The number of nitrogens with one attached hydrogen (secondary N) is 1. The summed E-state index contributed by atoms with van der Waals surface area (Å²) in [6.07, 6.45) is 5.02. The van der Waals surface area contributed by atoms with Gasteiger partial charge in [-0.1, -0.05) is 38.0 Å². The van der Waals surface area contributed by atoms with Crippen LogP contribution in [0.4, 0.5) is 5.69 Å². The first-order valence-corrected chi connectivity index (χ1v) is 8.31. The lowest BCUT2D eigenvalue weighted by Gasteiger charge is -2.30. The average Bonchev–Trinajstić information content (AvgIpc) is 2.92. The summed E-state index contributed by atoms with van der Waals surface area (Å²) in [6.45, 7) is 2.70. The van der Waals surface area contributed by atoms with Gasteiger partial charge in [0, 0.05) is 24.7 Å². The lowest BCUT2D eigenvalue weighted by Crippen LogP contribution is -2.44. The number of amides is 2. The van der Waals surface area contributed by atoms with Gasteiger partial charge in [-0.25, -0.2) is 0 Å². The first-order valence-electron chi connectivity index (χ1n) is 8.31. The van der Waals surface area contributed by atoms with Gasteiger partial charge in [-0.05, 0) is 30.9 Å². The van der Waals surface area contributed by atoms with Crippen LogP contribution in [0.5, 0.6) is 0 Å². The average molecular weight is 300 g/mol. The second-order valence-corrected chi connectivity index (χ2v) is 6.62. The van der Waals surface area contributed by atoms with Crippen LogP contribution in [0.15, 0.2) is 30.3 Å². The highest BCUT2D eigenvalue weighted by molar-refractivity contribution is 6.00. The summed E-state index contributed by atoms with van der Waals surface area (Å²) >= 11 is 0. The second kappa shape index (κ2) is 6.51. The number of para-hydroxylation sites is 1. The highest BCUT2D eigenvalue weighted by atomic mass is 16.2. The van der Waals surface area contributed by atoms with Crippen molar-refractivity contribution in [3.8, 4) is 0 Å². The fourth-order valence-corrected chi connectivity index (χ4v) is 3.57. The zero-order chi connectivity index (χ0) is 15.5. The van der Waals surface area contributed by atoms with Gasteiger partial charge in [0.15, 0.2) is 0 Å². The summed E-state index contributed by atoms with van der Waals surface area (Å²) in [4.78, 5) is 26.4. The molecule has 1 aromatic carbocycles. The van der Waals surface area contributed by atoms with Gasteiger partial charge in [0.25, 0.3) is 0 Å². The molecule has 22 heavy (non-hydrogen) atoms. The van der Waals surface area contributed by atoms with Gasteiger partial charge in [0.1, 0.15) is 0 Å². The molecule has 3 atom stereocenters. The summed E-state index contributed by atoms with van der Waals surface area (Å²) in [5, 5.41) is 3.19. The van der Waals surface area contributed by atoms with Crippen LogP contribution in [-0.2, 0) is 9.59 Å². The largest absolute Gasteiger partial charge is 0.353 e. The third-order valence-corrected chi connectivity index (χ3v) is 5.00. The fraction of sp³-hybridized carbons (Fsp3) is 0.556. The maximum Gasteiger partial charge on any atom is 0.227 e. The lowest BCUT2D eigenvalue weighted by molar-refractivity contribution is -0.127. The first-order chi connectivity index (χ1) is 10.6. The Morgan fingerprint density at radius 3 is 2.64 bits per heavy atom. The van der Waals surface area contributed by atoms with Crippen LogP contribution < -0.4 is 10.2 Å². The fourth-order valence-electron chi connectivity index (χ4n) is 3.57. The van der Waals surface area contributed by atoms with Crippen LogP contribution in [0.25, 0.3) is 0 Å². The van der Waals surface area contributed by atoms with E-state index in [1.54, 1.807) is 4.90 Å². The molecule has 0 unspecified atom stereocenters. The van der Waals surface area contributed by atoms with Crippen LogP contribution in [-0.4, -0.2) is 24.4 Å². The molecule has 1 saturated carbocycles. The molecule has 1 aromatic rings. The molecule has 2 amide bonds. The van der Waals surface area contributed by atoms with E-state index in [1.807, 2.05) is 30.3 Å². The molecule has 2 aliphatic rings. The predicted molar refractivity (Wildman–Crippen MR) is 86.5 cm³/mol. The Hall–Kier alpha value is -1.84. The topological polar surface area (TPSA) is 49.4 Å². The Kier molecular flexibility index (Phi) is 4.46. The highest BCUT2D eigenvalue weighted by Crippen LogP contribution is 2.27. The van der Waals surface area contributed by atoms with Crippen molar-refractivity contribution in [2.24, 2.45) is 11.8 Å². The van der Waals surface area contributed by atoms with Gasteiger partial charge in [-0.3, -0.25) is 9.59 Å². The van der Waals surface area contributed by atoms with Crippen molar-refractivity contribution in [2.75, 3.05) is 11.4 Å². The van der Waals surface area contributed by atoms with E-state index in [2.05, 4.69) is 12.2 Å². The summed E-state index contributed by atoms with van der Waals surface area (Å²) < 4.78 is 0. The van der Waals surface area contributed by atoms with E-state index in [9.17, 15) is 9.59 Å². The zero-order valence-corrected chi connectivity index (χ0v) is 13.1. The zero-order valence-electron chi connectivity index (χ0n) is 13.1. The number of hydrogen-bond acceptors (Lipinski definition) is 2. The Labute approximate surface area is 131 Å². The van der Waals surface area contributed by atoms with E-state index in [4.69, 9.17) is 0 Å². The minimum atomic E-state index is -0.221. The molecule has 1 saturated heterocycles. The number of hydrogen-bond donors (Lipinski definition) is 1. The number of anilines is 1. The Bertz CT molecular complexity index is 543. The Morgan fingerprint density at radius 2 is 1.91 bits per heavy atom. The predicted octanol–water partition coefficient (Wildman–Crippen LogP) is 2.73. The number of nitrogens with zero attached hydrogens (tertiary/aromatic N) is 1. The molecule has 1 aliphatic heterocycles. The SMILES string of the molecule is C[C@@H]1CCCC[C@H]1NC(=O)[C@@H]1CC(=O)N(c2ccccc2)C1. The molecule has 0 aromatic heterocycles. The third kappa shape index (κ3) is 3.16. The number of carbonyl (C=O) groups excluding carboxylic acids is 2. The van der Waals surface area contributed by atoms with Gasteiger partial charge in [-0.15, -0.1) is 0 Å². The number of rotatable bonds is 3. The molecule has 0 radical (unpaired) electrons. The van der Waals surface area contributed by atoms with Crippen LogP contribution >= 0.6 is 0 Å². The maximum atomic E-state index is 12.5. The lowest BCUT2D eigenvalue weighted by atomic mass is 9.85. The van der Waals surface area contributed by atoms with E-state index >= 15 is 0 Å². The molecular formula is C18H24N2O2. The number of carbonyl (C=O) groups is 2. The normalized spacial score (nSPS) is 28.7. The van der Waals surface area contributed by atoms with Crippen molar-refractivity contribution in [1.82, 2.24) is 5.32 Å². The minimum Gasteiger partial charge on any atom is -0.353 e. The molecule has 118 valence electrons. The molecule has 0 spiro atoms. The molecule has 1 heterocycles. The van der Waals surface area contributed by atoms with Crippen molar-refractivity contribution in [3.63, 3.8) is 0 Å². The second-order valence-electron chi connectivity index (χ2n) is 6.62. The molecular weight excluding hydrogens is 276 g/mol. The molecule has 2 fully saturated rings. The van der Waals surface area contributed by atoms with Gasteiger partial charge in [0.05, 0.1) is 5.92 Å². The standard InChI is InChI=1S/C18H24N2O2/c1-13-7-5-6-10-16(13)19-18(22)14-11-17(21)20(12-14)15-8-3-2-4-9-15/h2-4,8-9,13-14,16H,5-7,10-12H2,1H3,(H,19,22)/t13-,14-,16-/m1/s1. The number of benzene rings is 1. The van der Waals surface area contributed by atoms with Gasteiger partial charge >= 0.3 is 0 Å². The van der Waals surface area contributed by atoms with Gasteiger partial charge in [-0.2, -0.15) is 0 Å². The van der Waals surface area contributed by atoms with E-state index in [-0.39, 0.29) is 23.8 Å². The smallest absolute Gasteiger partial charge is 0.227 e. The van der Waals surface area contributed by atoms with Crippen molar-refractivity contribution in [1.29, 1.82) is 0 Å². The minimum absolute atomic E-state index is 0.0445. The summed E-state index contributed by atoms with van der Waals surface area (Å²) in [5.41, 5.74) is 0.883. The quantitative estimate of drug-likeness (QED) is 0.933. The summed E-state index contributed by atoms with van der Waals surface area (Å²) in [7, 11) is 0. The van der Waals surface area contributed by atoms with Crippen LogP contribution in [0.1, 0.15) is 39.0 Å². The van der Waals surface area contributed by atoms with Crippen LogP contribution in [0.3, 0.4) is 0 Å². The van der Waals surface area contributed by atoms with Crippen LogP contribution in [0.2, 0.25) is 0 Å². The van der Waals surface area contributed by atoms with Gasteiger partial charge in [0.2, 0.25) is 11.8 Å². The third-order valence-electron chi connectivity index (χ3n) is 5.00. The molecule has 4 nitrogen and oxygen atoms in total. The van der Waals surface area contributed by atoms with Crippen molar-refractivity contribution in [3.05, 3.63) is 30.3 Å². The molecule has 1 aliphatic carbocycles. The highest BCUT2D eigenvalue weighted by Gasteiger charge is 2.36. The van der Waals surface area contributed by atoms with Crippen molar-refractivity contribution >= 4 is 17.5 Å². The molecule has 1 N–H and O–H groups in total. The summed E-state index contributed by atoms with van der Waals surface area (Å²) in [6, 6.07) is 9.88. The van der Waals surface area contributed by atoms with E-state index in [0.29, 0.717) is 18.9 Å². The maximum absolute atomic E-state index is 12.5. The molecule has 0 bridgehead atoms. The van der Waals surface area contributed by atoms with E-state index < -0.39 is 0 Å². The Morgan fingerprint density at radius 1 is 1.18 bits per heavy atom. The van der Waals surface area contributed by atoms with Crippen LogP contribution in [0, 0.1) is 11.8 Å². The Balaban J connectivity index is 1.61. The molecule has 3 rings (SSSR count). The van der Waals surface area contributed by atoms with Crippen molar-refractivity contribution in [2.45, 2.75) is 45.1 Å². The van der Waals surface area contributed by atoms with E-state index in [1.165, 1.54) is 19.3 Å². The monoisotopic (exact) mass is 300 g/mol.